The second-order valence-electron chi connectivity index (χ2n) is 7.50. The molecule has 1 unspecified atom stereocenters. The number of methoxy groups -OCH3 is 1. The van der Waals surface area contributed by atoms with E-state index in [1.165, 1.54) is 43.5 Å². The number of rotatable bonds is 5. The molecular weight excluding hydrogens is 483 g/mol. The van der Waals surface area contributed by atoms with Crippen LogP contribution in [0.3, 0.4) is 0 Å². The number of nitro groups is 1. The van der Waals surface area contributed by atoms with Crippen LogP contribution in [0.5, 0.6) is 11.5 Å². The molecule has 35 heavy (non-hydrogen) atoms. The van der Waals surface area contributed by atoms with Crippen LogP contribution in [-0.2, 0) is 9.59 Å². The number of halogens is 2. The van der Waals surface area contributed by atoms with E-state index in [-0.39, 0.29) is 27.6 Å². The first-order valence-electron chi connectivity index (χ1n) is 10.0. The van der Waals surface area contributed by atoms with Gasteiger partial charge >= 0.3 is 5.69 Å². The molecule has 1 atom stereocenters. The van der Waals surface area contributed by atoms with Gasteiger partial charge in [0.15, 0.2) is 5.75 Å². The molecule has 0 aromatic heterocycles. The van der Waals surface area contributed by atoms with Crippen LogP contribution in [0.15, 0.2) is 66.2 Å². The number of ether oxygens (including phenoxy) is 1. The van der Waals surface area contributed by atoms with Crippen LogP contribution >= 0.6 is 11.6 Å². The normalized spacial score (nSPS) is 17.0. The highest BCUT2D eigenvalue weighted by molar-refractivity contribution is 6.51. The van der Waals surface area contributed by atoms with Crippen LogP contribution in [0.4, 0.5) is 15.8 Å². The third-order valence-electron chi connectivity index (χ3n) is 5.46. The lowest BCUT2D eigenvalue weighted by Gasteiger charge is -2.25. The zero-order valence-corrected chi connectivity index (χ0v) is 18.7. The highest BCUT2D eigenvalue weighted by atomic mass is 35.5. The van der Waals surface area contributed by atoms with Crippen molar-refractivity contribution in [2.75, 3.05) is 12.0 Å². The number of carbonyl (C=O) groups is 2. The summed E-state index contributed by atoms with van der Waals surface area (Å²) in [6.07, 6.45) is 0. The van der Waals surface area contributed by atoms with Crippen LogP contribution in [0.2, 0.25) is 5.02 Å². The standard InChI is InChI=1S/C24H16ClFN2O7/c1-35-19-8-6-13(25)10-16(19)22(30)20-21(12-5-7-18(29)17(9-12)28(33)34)27(24(32)23(20)31)15-4-2-3-14(26)11-15/h2-11,21,29-30H,1H3/b22-20+. The fourth-order valence-electron chi connectivity index (χ4n) is 3.91. The predicted molar refractivity (Wildman–Crippen MR) is 124 cm³/mol. The van der Waals surface area contributed by atoms with E-state index in [1.807, 2.05) is 0 Å². The Hall–Kier alpha value is -4.44. The third-order valence-corrected chi connectivity index (χ3v) is 5.69. The number of aliphatic hydroxyl groups excluding tert-OH is 1. The maximum atomic E-state index is 14.0. The highest BCUT2D eigenvalue weighted by Crippen LogP contribution is 2.45. The van der Waals surface area contributed by atoms with Gasteiger partial charge in [0, 0.05) is 16.8 Å². The number of aromatic hydroxyl groups is 1. The Morgan fingerprint density at radius 3 is 2.54 bits per heavy atom. The van der Waals surface area contributed by atoms with E-state index in [9.17, 15) is 34.3 Å². The number of phenolic OH excluding ortho intramolecular Hbond substituents is 1. The summed E-state index contributed by atoms with van der Waals surface area (Å²) in [6, 6.07) is 10.9. The summed E-state index contributed by atoms with van der Waals surface area (Å²) in [7, 11) is 1.33. The summed E-state index contributed by atoms with van der Waals surface area (Å²) in [5.74, 6) is -4.07. The number of amides is 1. The molecule has 9 nitrogen and oxygen atoms in total. The van der Waals surface area contributed by atoms with Crippen molar-refractivity contribution in [2.45, 2.75) is 6.04 Å². The molecule has 4 rings (SSSR count). The van der Waals surface area contributed by atoms with E-state index in [1.54, 1.807) is 0 Å². The lowest BCUT2D eigenvalue weighted by Crippen LogP contribution is -2.29. The second kappa shape index (κ2) is 9.07. The minimum atomic E-state index is -1.40. The van der Waals surface area contributed by atoms with Gasteiger partial charge in [-0.15, -0.1) is 0 Å². The summed E-state index contributed by atoms with van der Waals surface area (Å²) in [5.41, 5.74) is -1.13. The molecule has 3 aromatic rings. The van der Waals surface area contributed by atoms with Gasteiger partial charge in [-0.3, -0.25) is 24.6 Å². The SMILES string of the molecule is COc1ccc(Cl)cc1/C(O)=C1\C(=O)C(=O)N(c2cccc(F)c2)C1c1ccc(O)c([N+](=O)[O-])c1. The van der Waals surface area contributed by atoms with Gasteiger partial charge < -0.3 is 14.9 Å². The van der Waals surface area contributed by atoms with Crippen LogP contribution in [0, 0.1) is 15.9 Å². The van der Waals surface area contributed by atoms with Gasteiger partial charge in [-0.2, -0.15) is 0 Å². The molecule has 178 valence electrons. The van der Waals surface area contributed by atoms with Crippen LogP contribution < -0.4 is 9.64 Å². The average molecular weight is 499 g/mol. The molecule has 1 aliphatic rings. The molecule has 11 heteroatoms. The largest absolute Gasteiger partial charge is 0.507 e. The van der Waals surface area contributed by atoms with E-state index >= 15 is 0 Å². The van der Waals surface area contributed by atoms with Gasteiger partial charge in [0.25, 0.3) is 11.7 Å². The van der Waals surface area contributed by atoms with Crippen molar-refractivity contribution in [3.05, 3.63) is 98.3 Å². The first-order valence-corrected chi connectivity index (χ1v) is 10.4. The molecule has 1 fully saturated rings. The number of hydrogen-bond acceptors (Lipinski definition) is 7. The Balaban J connectivity index is 2.04. The van der Waals surface area contributed by atoms with Crippen LogP contribution in [0.25, 0.3) is 5.76 Å². The Morgan fingerprint density at radius 1 is 1.14 bits per heavy atom. The fraction of sp³-hybridized carbons (Fsp3) is 0.0833. The topological polar surface area (TPSA) is 130 Å². The van der Waals surface area contributed by atoms with Gasteiger partial charge in [-0.05, 0) is 48.0 Å². The molecule has 1 aliphatic heterocycles. The number of ketones is 1. The van der Waals surface area contributed by atoms with Crippen LogP contribution in [-0.4, -0.2) is 33.9 Å². The Morgan fingerprint density at radius 2 is 1.89 bits per heavy atom. The van der Waals surface area contributed by atoms with Crippen molar-refractivity contribution in [3.63, 3.8) is 0 Å². The number of aliphatic hydroxyl groups is 1. The van der Waals surface area contributed by atoms with Crippen molar-refractivity contribution in [1.82, 2.24) is 0 Å². The summed E-state index contributed by atoms with van der Waals surface area (Å²) in [6.45, 7) is 0. The van der Waals surface area contributed by atoms with Gasteiger partial charge in [0.2, 0.25) is 0 Å². The van der Waals surface area contributed by atoms with Crippen LogP contribution in [0.1, 0.15) is 17.2 Å². The van der Waals surface area contributed by atoms with E-state index in [0.717, 1.165) is 29.2 Å². The molecule has 1 amide bonds. The maximum absolute atomic E-state index is 14.0. The molecule has 0 saturated carbocycles. The number of nitro benzene ring substituents is 1. The molecule has 0 radical (unpaired) electrons. The smallest absolute Gasteiger partial charge is 0.311 e. The summed E-state index contributed by atoms with van der Waals surface area (Å²) >= 11 is 6.06. The maximum Gasteiger partial charge on any atom is 0.311 e. The fourth-order valence-corrected chi connectivity index (χ4v) is 4.08. The molecule has 1 saturated heterocycles. The molecule has 0 aliphatic carbocycles. The summed E-state index contributed by atoms with van der Waals surface area (Å²) < 4.78 is 19.3. The van der Waals surface area contributed by atoms with E-state index in [0.29, 0.717) is 0 Å². The molecule has 0 bridgehead atoms. The first kappa shape index (κ1) is 23.7. The summed E-state index contributed by atoms with van der Waals surface area (Å²) in [4.78, 5) is 37.8. The number of carbonyl (C=O) groups excluding carboxylic acids is 2. The zero-order valence-electron chi connectivity index (χ0n) is 17.9. The van der Waals surface area contributed by atoms with Crippen molar-refractivity contribution in [2.24, 2.45) is 0 Å². The highest BCUT2D eigenvalue weighted by Gasteiger charge is 2.47. The van der Waals surface area contributed by atoms with Crippen molar-refractivity contribution < 1.29 is 33.9 Å². The van der Waals surface area contributed by atoms with Gasteiger partial charge in [0.05, 0.1) is 29.2 Å². The van der Waals surface area contributed by atoms with Crippen molar-refractivity contribution in [1.29, 1.82) is 0 Å². The Kier molecular flexibility index (Phi) is 6.14. The average Bonchev–Trinajstić information content (AvgIpc) is 3.09. The van der Waals surface area contributed by atoms with Gasteiger partial charge in [0.1, 0.15) is 17.3 Å². The predicted octanol–water partition coefficient (Wildman–Crippen LogP) is 4.73. The molecule has 3 aromatic carbocycles. The molecule has 2 N–H and O–H groups in total. The number of benzene rings is 3. The number of hydrogen-bond donors (Lipinski definition) is 2. The number of Topliss-reactive ketones (excluding diaryl/α,β-unsaturated/α-hetero) is 1. The van der Waals surface area contributed by atoms with Gasteiger partial charge in [-0.1, -0.05) is 23.7 Å². The number of nitrogens with zero attached hydrogens (tertiary/aromatic N) is 2. The molecule has 1 heterocycles. The zero-order chi connectivity index (χ0) is 25.4. The Bertz CT molecular complexity index is 1420. The van der Waals surface area contributed by atoms with E-state index in [2.05, 4.69) is 0 Å². The van der Waals surface area contributed by atoms with E-state index in [4.69, 9.17) is 16.3 Å². The number of anilines is 1. The minimum absolute atomic E-state index is 0.00415. The molecular formula is C24H16ClFN2O7. The van der Waals surface area contributed by atoms with E-state index < -0.39 is 51.2 Å². The third kappa shape index (κ3) is 4.15. The Labute approximate surface area is 202 Å². The summed E-state index contributed by atoms with van der Waals surface area (Å²) in [5, 5.41) is 32.7. The molecule has 0 spiro atoms. The van der Waals surface area contributed by atoms with Crippen molar-refractivity contribution >= 4 is 40.4 Å². The lowest BCUT2D eigenvalue weighted by molar-refractivity contribution is -0.385. The first-order chi connectivity index (χ1) is 16.6. The minimum Gasteiger partial charge on any atom is -0.507 e. The second-order valence-corrected chi connectivity index (χ2v) is 7.94. The quantitative estimate of drug-likeness (QED) is 0.171. The van der Waals surface area contributed by atoms with Gasteiger partial charge in [-0.25, -0.2) is 4.39 Å². The number of phenols is 1. The van der Waals surface area contributed by atoms with Crippen molar-refractivity contribution in [3.8, 4) is 11.5 Å². The lowest BCUT2D eigenvalue weighted by atomic mass is 9.94. The monoisotopic (exact) mass is 498 g/mol.